The number of hydrogen-bond acceptors (Lipinski definition) is 4. The van der Waals surface area contributed by atoms with Gasteiger partial charge in [0.15, 0.2) is 35.7 Å². The molecule has 2 aliphatic heterocycles. The van der Waals surface area contributed by atoms with E-state index < -0.39 is 0 Å². The Labute approximate surface area is 189 Å². The Morgan fingerprint density at radius 2 is 1.78 bits per heavy atom. The molecule has 0 saturated heterocycles. The van der Waals surface area contributed by atoms with Crippen LogP contribution < -0.4 is 18.8 Å². The van der Waals surface area contributed by atoms with Gasteiger partial charge < -0.3 is 19.3 Å². The number of aromatic hydroxyl groups is 1. The van der Waals surface area contributed by atoms with Gasteiger partial charge in [-0.1, -0.05) is 39.0 Å². The van der Waals surface area contributed by atoms with Crippen LogP contribution in [-0.4, -0.2) is 19.0 Å². The van der Waals surface area contributed by atoms with Crippen LogP contribution in [0.1, 0.15) is 56.6 Å². The zero-order chi connectivity index (χ0) is 22.1. The molecule has 5 rings (SSSR count). The lowest BCUT2D eigenvalue weighted by Crippen LogP contribution is -2.41. The van der Waals surface area contributed by atoms with Gasteiger partial charge in [-0.2, -0.15) is 4.57 Å². The lowest BCUT2D eigenvalue weighted by atomic mass is 9.89. The molecule has 1 N–H and O–H groups in total. The minimum Gasteiger partial charge on any atom is -0.504 e. The summed E-state index contributed by atoms with van der Waals surface area (Å²) in [5.41, 5.74) is 5.07. The van der Waals surface area contributed by atoms with E-state index in [1.165, 1.54) is 54.5 Å². The number of benzene rings is 2. The van der Waals surface area contributed by atoms with Gasteiger partial charge in [0.05, 0.1) is 18.1 Å². The highest BCUT2D eigenvalue weighted by molar-refractivity contribution is 5.94. The van der Waals surface area contributed by atoms with Gasteiger partial charge >= 0.3 is 0 Å². The molecule has 0 atom stereocenters. The van der Waals surface area contributed by atoms with Crippen LogP contribution in [0, 0.1) is 0 Å². The summed E-state index contributed by atoms with van der Waals surface area (Å²) in [7, 11) is 1.60. The van der Waals surface area contributed by atoms with Crippen molar-refractivity contribution in [2.24, 2.45) is 0 Å². The normalized spacial score (nSPS) is 13.8. The van der Waals surface area contributed by atoms with Gasteiger partial charge in [0, 0.05) is 17.4 Å². The van der Waals surface area contributed by atoms with E-state index in [0.29, 0.717) is 5.75 Å². The summed E-state index contributed by atoms with van der Waals surface area (Å²) in [5.74, 6) is 2.40. The number of phenols is 1. The first-order valence-corrected chi connectivity index (χ1v) is 11.9. The van der Waals surface area contributed by atoms with Crippen molar-refractivity contribution in [3.63, 3.8) is 0 Å². The monoisotopic (exact) mass is 434 g/mol. The highest BCUT2D eigenvalue weighted by Gasteiger charge is 2.31. The third kappa shape index (κ3) is 3.64. The van der Waals surface area contributed by atoms with Crippen LogP contribution in [-0.2, 0) is 19.4 Å². The fourth-order valence-electron chi connectivity index (χ4n) is 5.15. The number of fused-ring (bicyclic) bond motifs is 5. The average Bonchev–Trinajstić information content (AvgIpc) is 3.27. The maximum atomic E-state index is 10.9. The Balaban J connectivity index is 1.61. The smallest absolute Gasteiger partial charge is 0.231 e. The summed E-state index contributed by atoms with van der Waals surface area (Å²) in [5, 5.41) is 12.9. The number of pyridine rings is 1. The number of phenolic OH excluding ortho intramolecular Hbond substituents is 1. The van der Waals surface area contributed by atoms with Crippen molar-refractivity contribution in [2.45, 2.75) is 64.8 Å². The number of rotatable bonds is 8. The predicted octanol–water partition coefficient (Wildman–Crippen LogP) is 5.70. The van der Waals surface area contributed by atoms with E-state index in [1.807, 2.05) is 6.07 Å². The van der Waals surface area contributed by atoms with Crippen LogP contribution in [0.4, 0.5) is 0 Å². The molecule has 0 bridgehead atoms. The number of methoxy groups -OCH3 is 1. The topological polar surface area (TPSA) is 51.8 Å². The minimum atomic E-state index is 0.223. The van der Waals surface area contributed by atoms with E-state index in [0.717, 1.165) is 48.1 Å². The summed E-state index contributed by atoms with van der Waals surface area (Å²) < 4.78 is 19.0. The van der Waals surface area contributed by atoms with Crippen molar-refractivity contribution in [1.29, 1.82) is 0 Å². The molecule has 0 radical (unpaired) electrons. The third-order valence-corrected chi connectivity index (χ3v) is 6.84. The van der Waals surface area contributed by atoms with Crippen LogP contribution in [0.25, 0.3) is 22.0 Å². The SMILES string of the molecule is CCCCCCCCc1c2[n+](cc3c(O)c(OC)ccc13)CCc1cc3c(cc1-2)OCO3. The summed E-state index contributed by atoms with van der Waals surface area (Å²) in [4.78, 5) is 0. The van der Waals surface area contributed by atoms with Gasteiger partial charge in [-0.15, -0.1) is 0 Å². The fourth-order valence-corrected chi connectivity index (χ4v) is 5.15. The molecule has 32 heavy (non-hydrogen) atoms. The van der Waals surface area contributed by atoms with E-state index in [9.17, 15) is 5.11 Å². The Morgan fingerprint density at radius 1 is 1.00 bits per heavy atom. The van der Waals surface area contributed by atoms with Gasteiger partial charge in [0.25, 0.3) is 0 Å². The number of ether oxygens (including phenoxy) is 3. The summed E-state index contributed by atoms with van der Waals surface area (Å²) in [6.07, 6.45) is 11.5. The zero-order valence-electron chi connectivity index (χ0n) is 19.1. The van der Waals surface area contributed by atoms with Crippen molar-refractivity contribution in [1.82, 2.24) is 0 Å². The summed E-state index contributed by atoms with van der Waals surface area (Å²) in [6.45, 7) is 3.41. The molecule has 5 heteroatoms. The highest BCUT2D eigenvalue weighted by Crippen LogP contribution is 2.43. The van der Waals surface area contributed by atoms with Crippen LogP contribution in [0.3, 0.4) is 0 Å². The summed E-state index contributed by atoms with van der Waals surface area (Å²) in [6, 6.07) is 8.26. The number of aryl methyl sites for hydroxylation is 3. The number of nitrogens with zero attached hydrogens (tertiary/aromatic N) is 1. The highest BCUT2D eigenvalue weighted by atomic mass is 16.7. The Bertz CT molecular complexity index is 1150. The molecule has 0 aliphatic carbocycles. The van der Waals surface area contributed by atoms with Crippen molar-refractivity contribution < 1.29 is 23.9 Å². The number of aromatic nitrogens is 1. The molecule has 0 amide bonds. The van der Waals surface area contributed by atoms with E-state index in [2.05, 4.69) is 35.9 Å². The standard InChI is InChI=1S/C27H31NO4/c1-3-4-5-6-7-8-9-20-19-10-11-23(30-2)27(29)22(19)16-28-13-12-18-14-24-25(32-17-31-24)15-21(18)26(20)28/h10-11,14-16H,3-9,12-13,17H2,1-2H3/p+1. The molecule has 0 saturated carbocycles. The van der Waals surface area contributed by atoms with E-state index in [1.54, 1.807) is 7.11 Å². The second-order valence-corrected chi connectivity index (χ2v) is 8.86. The second kappa shape index (κ2) is 8.89. The Morgan fingerprint density at radius 3 is 2.59 bits per heavy atom. The maximum absolute atomic E-state index is 10.9. The number of hydrogen-bond donors (Lipinski definition) is 1. The van der Waals surface area contributed by atoms with Gasteiger partial charge in [-0.05, 0) is 42.7 Å². The van der Waals surface area contributed by atoms with Gasteiger partial charge in [0.2, 0.25) is 12.5 Å². The van der Waals surface area contributed by atoms with Crippen LogP contribution in [0.2, 0.25) is 0 Å². The maximum Gasteiger partial charge on any atom is 0.231 e. The van der Waals surface area contributed by atoms with Crippen LogP contribution in [0.15, 0.2) is 30.5 Å². The van der Waals surface area contributed by atoms with E-state index in [-0.39, 0.29) is 12.5 Å². The molecule has 3 heterocycles. The molecule has 0 unspecified atom stereocenters. The molecule has 2 aromatic carbocycles. The lowest BCUT2D eigenvalue weighted by molar-refractivity contribution is -0.686. The van der Waals surface area contributed by atoms with E-state index in [4.69, 9.17) is 14.2 Å². The molecule has 5 nitrogen and oxygen atoms in total. The molecular formula is C27H32NO4+. The number of unbranched alkanes of at least 4 members (excludes halogenated alkanes) is 5. The second-order valence-electron chi connectivity index (χ2n) is 8.86. The predicted molar refractivity (Wildman–Crippen MR) is 125 cm³/mol. The first-order chi connectivity index (χ1) is 15.7. The average molecular weight is 435 g/mol. The summed E-state index contributed by atoms with van der Waals surface area (Å²) >= 11 is 0. The van der Waals surface area contributed by atoms with Crippen molar-refractivity contribution in [3.05, 3.63) is 41.6 Å². The zero-order valence-corrected chi connectivity index (χ0v) is 19.1. The third-order valence-electron chi connectivity index (χ3n) is 6.84. The van der Waals surface area contributed by atoms with Crippen LogP contribution >= 0.6 is 0 Å². The molecule has 2 aliphatic rings. The van der Waals surface area contributed by atoms with Gasteiger partial charge in [0.1, 0.15) is 0 Å². The molecule has 1 aromatic heterocycles. The van der Waals surface area contributed by atoms with Crippen LogP contribution in [0.5, 0.6) is 23.0 Å². The minimum absolute atomic E-state index is 0.223. The Kier molecular flexibility index (Phi) is 5.81. The lowest BCUT2D eigenvalue weighted by Gasteiger charge is -2.20. The first-order valence-electron chi connectivity index (χ1n) is 11.9. The van der Waals surface area contributed by atoms with Gasteiger partial charge in [-0.3, -0.25) is 0 Å². The molecule has 3 aromatic rings. The first kappa shape index (κ1) is 20.9. The molecule has 0 spiro atoms. The molecular weight excluding hydrogens is 402 g/mol. The van der Waals surface area contributed by atoms with Crippen molar-refractivity contribution in [3.8, 4) is 34.3 Å². The molecule has 168 valence electrons. The quantitative estimate of drug-likeness (QED) is 0.365. The molecule has 0 fully saturated rings. The van der Waals surface area contributed by atoms with Crippen molar-refractivity contribution >= 4 is 10.8 Å². The fraction of sp³-hybridized carbons (Fsp3) is 0.444. The van der Waals surface area contributed by atoms with E-state index >= 15 is 0 Å². The van der Waals surface area contributed by atoms with Crippen molar-refractivity contribution in [2.75, 3.05) is 13.9 Å². The van der Waals surface area contributed by atoms with Gasteiger partial charge in [-0.25, -0.2) is 0 Å². The Hall–Kier alpha value is -2.95. The largest absolute Gasteiger partial charge is 0.504 e.